The van der Waals surface area contributed by atoms with E-state index in [2.05, 4.69) is 168 Å². The van der Waals surface area contributed by atoms with E-state index in [1.54, 1.807) is 0 Å². The minimum atomic E-state index is -0.659. The highest BCUT2D eigenvalue weighted by Crippen LogP contribution is 2.48. The van der Waals surface area contributed by atoms with Gasteiger partial charge in [0.1, 0.15) is 0 Å². The van der Waals surface area contributed by atoms with E-state index < -0.39 is 21.7 Å². The first-order valence-corrected chi connectivity index (χ1v) is 20.1. The molecule has 4 aromatic heterocycles. The Hall–Kier alpha value is -7.76. The SMILES string of the molecule is C#Cc1ccc(C2(C)c3ccc([nH]3)C(C)(c3ccc(C#C)cc3)c3ccc([nH]3)C(C)(c3ccc(C#C)cc3)c3ccc([nH]3)C(C)(c3ccc(C#C)cc3)c3ccc2[nH]3)cc1. The van der Waals surface area contributed by atoms with Gasteiger partial charge in [0.05, 0.1) is 21.7 Å². The molecule has 1 aliphatic rings. The van der Waals surface area contributed by atoms with Crippen LogP contribution in [0.1, 0.15) is 118 Å². The maximum absolute atomic E-state index is 5.85. The molecule has 288 valence electrons. The summed E-state index contributed by atoms with van der Waals surface area (Å²) in [6.07, 6.45) is 23.4. The summed E-state index contributed by atoms with van der Waals surface area (Å²) in [6.45, 7) is 9.06. The Bertz CT molecular complexity index is 2560. The molecule has 5 heterocycles. The Morgan fingerprint density at radius 2 is 0.417 bits per heavy atom. The number of rotatable bonds is 4. The average Bonchev–Trinajstić information content (AvgIpc) is 4.16. The molecule has 0 atom stereocenters. The fourth-order valence-corrected chi connectivity index (χ4v) is 9.34. The van der Waals surface area contributed by atoms with Gasteiger partial charge in [-0.3, -0.25) is 0 Å². The van der Waals surface area contributed by atoms with E-state index in [9.17, 15) is 0 Å². The van der Waals surface area contributed by atoms with Crippen molar-refractivity contribution in [1.82, 2.24) is 19.9 Å². The van der Waals surface area contributed by atoms with Crippen molar-refractivity contribution in [1.29, 1.82) is 0 Å². The van der Waals surface area contributed by atoms with Crippen LogP contribution in [0, 0.1) is 49.4 Å². The second kappa shape index (κ2) is 14.0. The lowest BCUT2D eigenvalue weighted by molar-refractivity contribution is 0.588. The fourth-order valence-electron chi connectivity index (χ4n) is 9.34. The zero-order chi connectivity index (χ0) is 41.9. The van der Waals surface area contributed by atoms with E-state index in [0.29, 0.717) is 0 Å². The van der Waals surface area contributed by atoms with Gasteiger partial charge in [-0.05, 0) is 147 Å². The normalized spacial score (nSPS) is 21.9. The molecule has 0 spiro atoms. The van der Waals surface area contributed by atoms with E-state index in [4.69, 9.17) is 25.7 Å². The van der Waals surface area contributed by atoms with Crippen LogP contribution in [0.2, 0.25) is 0 Å². The van der Waals surface area contributed by atoms with Crippen LogP contribution in [0.5, 0.6) is 0 Å². The molecule has 0 aliphatic carbocycles. The lowest BCUT2D eigenvalue weighted by Gasteiger charge is -2.34. The van der Waals surface area contributed by atoms with Crippen LogP contribution in [0.15, 0.2) is 146 Å². The van der Waals surface area contributed by atoms with Crippen molar-refractivity contribution >= 4 is 0 Å². The number of terminal acetylenes is 4. The summed E-state index contributed by atoms with van der Waals surface area (Å²) in [5, 5.41) is 0. The van der Waals surface area contributed by atoms with E-state index in [0.717, 1.165) is 90.1 Å². The molecule has 0 unspecified atom stereocenters. The molecule has 9 rings (SSSR count). The lowest BCUT2D eigenvalue weighted by atomic mass is 9.76. The van der Waals surface area contributed by atoms with Gasteiger partial charge in [-0.1, -0.05) is 72.2 Å². The molecule has 8 aromatic rings. The van der Waals surface area contributed by atoms with Crippen molar-refractivity contribution < 1.29 is 0 Å². The topological polar surface area (TPSA) is 63.2 Å². The van der Waals surface area contributed by atoms with Gasteiger partial charge in [0.25, 0.3) is 0 Å². The number of benzene rings is 4. The van der Waals surface area contributed by atoms with Gasteiger partial charge >= 0.3 is 0 Å². The van der Waals surface area contributed by atoms with Gasteiger partial charge < -0.3 is 19.9 Å². The Labute approximate surface area is 352 Å². The molecule has 0 saturated carbocycles. The summed E-state index contributed by atoms with van der Waals surface area (Å²) < 4.78 is 0. The second-order valence-electron chi connectivity index (χ2n) is 16.5. The molecule has 0 amide bonds. The molecule has 8 bridgehead atoms. The van der Waals surface area contributed by atoms with Gasteiger partial charge in [-0.25, -0.2) is 0 Å². The molecule has 0 saturated heterocycles. The standard InChI is InChI=1S/C56H44N4/c1-9-37-13-21-41(22-14-37)53(5)45-29-31-47(57-45)54(6,42-23-15-38(10-2)16-24-42)49-33-35-51(59-49)56(8,44-27-19-40(12-4)20-28-44)52-36-34-50(60-52)55(7,48-32-30-46(53)58-48)43-25-17-39(11-3)18-26-43/h1-4,13-36,57-60H,5-8H3. The fraction of sp³-hybridized carbons (Fsp3) is 0.143. The largest absolute Gasteiger partial charge is 0.360 e. The maximum atomic E-state index is 5.85. The monoisotopic (exact) mass is 772 g/mol. The highest BCUT2D eigenvalue weighted by molar-refractivity contribution is 5.57. The smallest absolute Gasteiger partial charge is 0.0723 e. The highest BCUT2D eigenvalue weighted by Gasteiger charge is 2.43. The van der Waals surface area contributed by atoms with Crippen LogP contribution in [-0.2, 0) is 21.7 Å². The first kappa shape index (κ1) is 37.8. The van der Waals surface area contributed by atoms with Crippen LogP contribution >= 0.6 is 0 Å². The summed E-state index contributed by atoms with van der Waals surface area (Å²) in [7, 11) is 0. The van der Waals surface area contributed by atoms with Crippen LogP contribution in [0.3, 0.4) is 0 Å². The Morgan fingerprint density at radius 3 is 0.550 bits per heavy atom. The first-order valence-electron chi connectivity index (χ1n) is 20.1. The van der Waals surface area contributed by atoms with Crippen LogP contribution in [0.4, 0.5) is 0 Å². The Kier molecular flexibility index (Phi) is 8.80. The third kappa shape index (κ3) is 5.54. The van der Waals surface area contributed by atoms with Gasteiger partial charge in [-0.15, -0.1) is 25.7 Å². The van der Waals surface area contributed by atoms with Gasteiger partial charge in [-0.2, -0.15) is 0 Å². The van der Waals surface area contributed by atoms with Crippen LogP contribution in [-0.4, -0.2) is 19.9 Å². The first-order chi connectivity index (χ1) is 29.0. The third-order valence-corrected chi connectivity index (χ3v) is 13.6. The molecule has 1 aliphatic heterocycles. The molecular weight excluding hydrogens is 729 g/mol. The van der Waals surface area contributed by atoms with Gasteiger partial charge in [0, 0.05) is 67.8 Å². The lowest BCUT2D eigenvalue weighted by Crippen LogP contribution is -2.32. The second-order valence-corrected chi connectivity index (χ2v) is 16.5. The van der Waals surface area contributed by atoms with Crippen molar-refractivity contribution in [2.24, 2.45) is 0 Å². The van der Waals surface area contributed by atoms with Crippen molar-refractivity contribution in [2.75, 3.05) is 0 Å². The molecule has 4 N–H and O–H groups in total. The summed E-state index contributed by atoms with van der Waals surface area (Å²) in [4.78, 5) is 16.0. The predicted octanol–water partition coefficient (Wildman–Crippen LogP) is 10.7. The van der Waals surface area contributed by atoms with Crippen LogP contribution in [0.25, 0.3) is 0 Å². The summed E-state index contributed by atoms with van der Waals surface area (Å²) in [6, 6.07) is 50.9. The molecule has 4 aromatic carbocycles. The van der Waals surface area contributed by atoms with Gasteiger partial charge in [0.15, 0.2) is 0 Å². The van der Waals surface area contributed by atoms with Crippen molar-refractivity contribution in [3.63, 3.8) is 0 Å². The number of hydrogen-bond acceptors (Lipinski definition) is 0. The van der Waals surface area contributed by atoms with Gasteiger partial charge in [0.2, 0.25) is 0 Å². The average molecular weight is 773 g/mol. The van der Waals surface area contributed by atoms with E-state index in [-0.39, 0.29) is 0 Å². The summed E-state index contributed by atoms with van der Waals surface area (Å²) in [5.74, 6) is 11.2. The quantitative estimate of drug-likeness (QED) is 0.129. The molecule has 0 fully saturated rings. The van der Waals surface area contributed by atoms with Crippen molar-refractivity contribution in [3.8, 4) is 49.4 Å². The minimum absolute atomic E-state index is 0.659. The summed E-state index contributed by atoms with van der Waals surface area (Å²) in [5.41, 5.74) is 13.1. The van der Waals surface area contributed by atoms with Crippen LogP contribution < -0.4 is 0 Å². The number of aromatic nitrogens is 4. The molecular formula is C56H44N4. The molecule has 4 heteroatoms. The molecule has 4 nitrogen and oxygen atoms in total. The minimum Gasteiger partial charge on any atom is -0.360 e. The Balaban J connectivity index is 1.37. The molecule has 0 radical (unpaired) electrons. The zero-order valence-corrected chi connectivity index (χ0v) is 34.2. The maximum Gasteiger partial charge on any atom is 0.0723 e. The summed E-state index contributed by atoms with van der Waals surface area (Å²) >= 11 is 0. The predicted molar refractivity (Wildman–Crippen MR) is 243 cm³/mol. The Morgan fingerprint density at radius 1 is 0.267 bits per heavy atom. The van der Waals surface area contributed by atoms with E-state index in [1.165, 1.54) is 0 Å². The number of nitrogens with one attached hydrogen (secondary N) is 4. The number of hydrogen-bond donors (Lipinski definition) is 4. The van der Waals surface area contributed by atoms with E-state index >= 15 is 0 Å². The molecule has 60 heavy (non-hydrogen) atoms. The number of aromatic amines is 4. The zero-order valence-electron chi connectivity index (χ0n) is 34.2. The third-order valence-electron chi connectivity index (χ3n) is 13.6. The number of fused-ring (bicyclic) bond motifs is 8. The highest BCUT2D eigenvalue weighted by atomic mass is 14.9. The van der Waals surface area contributed by atoms with Crippen molar-refractivity contribution in [2.45, 2.75) is 49.4 Å². The van der Waals surface area contributed by atoms with Crippen molar-refractivity contribution in [3.05, 3.63) is 236 Å². The van der Waals surface area contributed by atoms with E-state index in [1.807, 2.05) is 48.5 Å². The number of H-pyrrole nitrogens is 4.